The van der Waals surface area contributed by atoms with Crippen molar-refractivity contribution < 1.29 is 0 Å². The molecule has 1 heterocycles. The molecule has 1 rings (SSSR count). The molecule has 5 heteroatoms. The van der Waals surface area contributed by atoms with Gasteiger partial charge in [0.1, 0.15) is 0 Å². The summed E-state index contributed by atoms with van der Waals surface area (Å²) in [5.41, 5.74) is 0. The molecule has 1 atom stereocenters. The van der Waals surface area contributed by atoms with Crippen LogP contribution < -0.4 is 10.6 Å². The highest BCUT2D eigenvalue weighted by atomic mass is 32.1. The van der Waals surface area contributed by atoms with Crippen molar-refractivity contribution in [3.63, 3.8) is 0 Å². The van der Waals surface area contributed by atoms with Gasteiger partial charge in [-0.05, 0) is 13.8 Å². The van der Waals surface area contributed by atoms with Gasteiger partial charge in [-0.2, -0.15) is 0 Å². The summed E-state index contributed by atoms with van der Waals surface area (Å²) in [5, 5.41) is 9.57. The lowest BCUT2D eigenvalue weighted by molar-refractivity contribution is 0.747. The Morgan fingerprint density at radius 1 is 1.44 bits per heavy atom. The molecule has 0 aliphatic rings. The summed E-state index contributed by atoms with van der Waals surface area (Å²) in [4.78, 5) is 8.81. The number of hydrogen-bond donors (Lipinski definition) is 2. The molecule has 0 aromatic carbocycles. The summed E-state index contributed by atoms with van der Waals surface area (Å²) >= 11 is 1.69. The first-order valence-corrected chi connectivity index (χ1v) is 6.57. The Morgan fingerprint density at radius 2 is 2.12 bits per heavy atom. The van der Waals surface area contributed by atoms with Gasteiger partial charge in [-0.15, -0.1) is 11.3 Å². The summed E-state index contributed by atoms with van der Waals surface area (Å²) < 4.78 is 0. The van der Waals surface area contributed by atoms with Crippen LogP contribution in [0.1, 0.15) is 31.7 Å². The maximum Gasteiger partial charge on any atom is 0.191 e. The van der Waals surface area contributed by atoms with Crippen molar-refractivity contribution in [3.8, 4) is 0 Å². The lowest BCUT2D eigenvalue weighted by Gasteiger charge is -2.10. The number of nitrogens with zero attached hydrogens (tertiary/aromatic N) is 2. The number of guanidine groups is 1. The average molecular weight is 240 g/mol. The minimum absolute atomic E-state index is 0.382. The van der Waals surface area contributed by atoms with Crippen LogP contribution in [-0.4, -0.2) is 30.6 Å². The van der Waals surface area contributed by atoms with Gasteiger partial charge in [-0.1, -0.05) is 6.92 Å². The van der Waals surface area contributed by atoms with Gasteiger partial charge in [-0.25, -0.2) is 4.98 Å². The highest BCUT2D eigenvalue weighted by Gasteiger charge is 2.07. The highest BCUT2D eigenvalue weighted by molar-refractivity contribution is 7.09. The lowest BCUT2D eigenvalue weighted by Crippen LogP contribution is -2.37. The van der Waals surface area contributed by atoms with E-state index < -0.39 is 0 Å². The molecule has 0 aliphatic heterocycles. The van der Waals surface area contributed by atoms with Crippen LogP contribution in [0, 0.1) is 0 Å². The van der Waals surface area contributed by atoms with Crippen LogP contribution in [-0.2, 0) is 0 Å². The zero-order chi connectivity index (χ0) is 11.8. The van der Waals surface area contributed by atoms with Crippen LogP contribution in [0.5, 0.6) is 0 Å². The first kappa shape index (κ1) is 13.0. The topological polar surface area (TPSA) is 49.3 Å². The van der Waals surface area contributed by atoms with E-state index in [1.807, 2.05) is 11.6 Å². The monoisotopic (exact) mass is 240 g/mol. The molecule has 0 unspecified atom stereocenters. The highest BCUT2D eigenvalue weighted by Crippen LogP contribution is 2.17. The summed E-state index contributed by atoms with van der Waals surface area (Å²) in [5.74, 6) is 1.26. The Labute approximate surface area is 101 Å². The predicted molar refractivity (Wildman–Crippen MR) is 70.2 cm³/mol. The number of thiazole rings is 1. The van der Waals surface area contributed by atoms with Gasteiger partial charge in [0.15, 0.2) is 5.96 Å². The van der Waals surface area contributed by atoms with Crippen molar-refractivity contribution in [1.29, 1.82) is 0 Å². The van der Waals surface area contributed by atoms with Crippen LogP contribution >= 0.6 is 11.3 Å². The summed E-state index contributed by atoms with van der Waals surface area (Å²) in [6.45, 7) is 8.82. The predicted octanol–water partition coefficient (Wildman–Crippen LogP) is 1.82. The fraction of sp³-hybridized carbons (Fsp3) is 0.636. The van der Waals surface area contributed by atoms with E-state index >= 15 is 0 Å². The van der Waals surface area contributed by atoms with Crippen LogP contribution in [0.4, 0.5) is 0 Å². The van der Waals surface area contributed by atoms with Crippen LogP contribution in [0.15, 0.2) is 16.6 Å². The first-order valence-electron chi connectivity index (χ1n) is 5.69. The quantitative estimate of drug-likeness (QED) is 0.610. The van der Waals surface area contributed by atoms with E-state index in [1.54, 1.807) is 11.3 Å². The fourth-order valence-electron chi connectivity index (χ4n) is 1.29. The second-order valence-corrected chi connectivity index (χ2v) is 4.45. The normalized spacial score (nSPS) is 11.9. The molecule has 0 saturated heterocycles. The molecule has 0 radical (unpaired) electrons. The van der Waals surface area contributed by atoms with E-state index in [0.29, 0.717) is 5.92 Å². The fourth-order valence-corrected chi connectivity index (χ4v) is 1.98. The van der Waals surface area contributed by atoms with Gasteiger partial charge in [0.25, 0.3) is 0 Å². The Kier molecular flexibility index (Phi) is 5.85. The third-order valence-corrected chi connectivity index (χ3v) is 3.09. The molecule has 0 saturated carbocycles. The number of rotatable bonds is 5. The van der Waals surface area contributed by atoms with Gasteiger partial charge in [0.05, 0.1) is 11.6 Å². The van der Waals surface area contributed by atoms with E-state index in [2.05, 4.69) is 41.4 Å². The molecular formula is C11H20N4S. The van der Waals surface area contributed by atoms with Gasteiger partial charge < -0.3 is 10.6 Å². The van der Waals surface area contributed by atoms with Crippen LogP contribution in [0.25, 0.3) is 0 Å². The lowest BCUT2D eigenvalue weighted by atomic mass is 10.2. The molecule has 1 aromatic rings. The molecule has 0 fully saturated rings. The molecule has 4 nitrogen and oxygen atoms in total. The Balaban J connectivity index is 2.48. The number of nitrogens with one attached hydrogen (secondary N) is 2. The molecule has 0 spiro atoms. The minimum atomic E-state index is 0.382. The summed E-state index contributed by atoms with van der Waals surface area (Å²) in [7, 11) is 0. The number of aliphatic imine (C=N–C) groups is 1. The second-order valence-electron chi connectivity index (χ2n) is 3.52. The molecule has 2 N–H and O–H groups in total. The van der Waals surface area contributed by atoms with Gasteiger partial charge in [-0.3, -0.25) is 4.99 Å². The number of aromatic nitrogens is 1. The number of hydrogen-bond acceptors (Lipinski definition) is 3. The first-order chi connectivity index (χ1) is 7.77. The molecule has 0 bridgehead atoms. The maximum atomic E-state index is 4.52. The van der Waals surface area contributed by atoms with Crippen molar-refractivity contribution in [3.05, 3.63) is 16.6 Å². The van der Waals surface area contributed by atoms with Crippen LogP contribution in [0.2, 0.25) is 0 Å². The second kappa shape index (κ2) is 7.22. The zero-order valence-electron chi connectivity index (χ0n) is 10.2. The molecule has 0 aliphatic carbocycles. The zero-order valence-corrected chi connectivity index (χ0v) is 11.0. The van der Waals surface area contributed by atoms with E-state index in [-0.39, 0.29) is 0 Å². The third kappa shape index (κ3) is 4.18. The van der Waals surface area contributed by atoms with Crippen molar-refractivity contribution in [2.24, 2.45) is 4.99 Å². The van der Waals surface area contributed by atoms with Gasteiger partial charge in [0.2, 0.25) is 0 Å². The van der Waals surface area contributed by atoms with Crippen molar-refractivity contribution in [2.75, 3.05) is 19.6 Å². The van der Waals surface area contributed by atoms with Crippen molar-refractivity contribution in [2.45, 2.75) is 26.7 Å². The van der Waals surface area contributed by atoms with E-state index in [4.69, 9.17) is 0 Å². The summed E-state index contributed by atoms with van der Waals surface area (Å²) in [6, 6.07) is 0. The largest absolute Gasteiger partial charge is 0.357 e. The van der Waals surface area contributed by atoms with E-state index in [1.165, 1.54) is 0 Å². The minimum Gasteiger partial charge on any atom is -0.357 e. The smallest absolute Gasteiger partial charge is 0.191 e. The van der Waals surface area contributed by atoms with Gasteiger partial charge >= 0.3 is 0 Å². The molecule has 90 valence electrons. The maximum absolute atomic E-state index is 4.52. The Bertz CT molecular complexity index is 300. The van der Waals surface area contributed by atoms with Crippen molar-refractivity contribution >= 4 is 17.3 Å². The molecule has 0 amide bonds. The SMILES string of the molecule is CCNC(=NC[C@@H](C)c1nccs1)NCC. The third-order valence-electron chi connectivity index (χ3n) is 2.08. The Morgan fingerprint density at radius 3 is 2.62 bits per heavy atom. The average Bonchev–Trinajstić information content (AvgIpc) is 2.79. The van der Waals surface area contributed by atoms with E-state index in [0.717, 1.165) is 30.6 Å². The molecule has 16 heavy (non-hydrogen) atoms. The Hall–Kier alpha value is -1.10. The molecule has 1 aromatic heterocycles. The van der Waals surface area contributed by atoms with E-state index in [9.17, 15) is 0 Å². The molecular weight excluding hydrogens is 220 g/mol. The van der Waals surface area contributed by atoms with Gasteiger partial charge in [0, 0.05) is 30.6 Å². The van der Waals surface area contributed by atoms with Crippen molar-refractivity contribution in [1.82, 2.24) is 15.6 Å². The standard InChI is InChI=1S/C11H20N4S/c1-4-12-11(13-5-2)15-8-9(3)10-14-6-7-16-10/h6-7,9H,4-5,8H2,1-3H3,(H2,12,13,15)/t9-/m1/s1. The summed E-state index contributed by atoms with van der Waals surface area (Å²) in [6.07, 6.45) is 1.84. The van der Waals surface area contributed by atoms with Crippen LogP contribution in [0.3, 0.4) is 0 Å².